The predicted octanol–water partition coefficient (Wildman–Crippen LogP) is 1.18. The van der Waals surface area contributed by atoms with Gasteiger partial charge < -0.3 is 16.2 Å². The molecule has 0 fully saturated rings. The molecule has 0 saturated carbocycles. The maximum Gasteiger partial charge on any atom is 0.323 e. The highest BCUT2D eigenvalue weighted by Gasteiger charge is 2.17. The number of hydrogen-bond donors (Lipinski definition) is 2. The lowest BCUT2D eigenvalue weighted by Crippen LogP contribution is -2.38. The molecule has 0 amide bonds. The maximum absolute atomic E-state index is 11.6. The van der Waals surface area contributed by atoms with Gasteiger partial charge in [-0.1, -0.05) is 37.3 Å². The molecule has 17 heavy (non-hydrogen) atoms. The van der Waals surface area contributed by atoms with Crippen molar-refractivity contribution in [1.82, 2.24) is 0 Å². The number of nitrogens with two attached hydrogens (primary N) is 2. The van der Waals surface area contributed by atoms with Crippen LogP contribution in [0.25, 0.3) is 0 Å². The molecule has 0 bridgehead atoms. The van der Waals surface area contributed by atoms with E-state index >= 15 is 0 Å². The minimum absolute atomic E-state index is 0.0470. The summed E-state index contributed by atoms with van der Waals surface area (Å²) in [7, 11) is 0. The molecule has 2 atom stereocenters. The Morgan fingerprint density at radius 2 is 1.94 bits per heavy atom. The first-order chi connectivity index (χ1) is 8.13. The Hall–Kier alpha value is -1.39. The Bertz CT molecular complexity index is 341. The Balaban J connectivity index is 2.34. The van der Waals surface area contributed by atoms with Gasteiger partial charge in [0.05, 0.1) is 0 Å². The van der Waals surface area contributed by atoms with Crippen LogP contribution in [0, 0.1) is 0 Å². The van der Waals surface area contributed by atoms with E-state index in [1.807, 2.05) is 37.3 Å². The molecule has 1 rings (SSSR count). The van der Waals surface area contributed by atoms with Gasteiger partial charge in [-0.3, -0.25) is 4.79 Å². The molecule has 0 radical (unpaired) electrons. The molecule has 0 aromatic heterocycles. The van der Waals surface area contributed by atoms with Crippen LogP contribution in [0.4, 0.5) is 0 Å². The summed E-state index contributed by atoms with van der Waals surface area (Å²) < 4.78 is 5.12. The highest BCUT2D eigenvalue weighted by Crippen LogP contribution is 2.04. The van der Waals surface area contributed by atoms with Gasteiger partial charge in [-0.15, -0.1) is 0 Å². The number of benzene rings is 1. The fourth-order valence-electron chi connectivity index (χ4n) is 1.42. The van der Waals surface area contributed by atoms with E-state index in [-0.39, 0.29) is 12.6 Å². The lowest BCUT2D eigenvalue weighted by atomic mass is 10.1. The van der Waals surface area contributed by atoms with Crippen molar-refractivity contribution in [2.45, 2.75) is 38.5 Å². The number of hydrogen-bond acceptors (Lipinski definition) is 4. The number of esters is 1. The van der Waals surface area contributed by atoms with Crippen molar-refractivity contribution in [1.29, 1.82) is 0 Å². The first-order valence-electron chi connectivity index (χ1n) is 5.85. The molecule has 0 aliphatic carbocycles. The van der Waals surface area contributed by atoms with Gasteiger partial charge in [-0.25, -0.2) is 0 Å². The zero-order valence-electron chi connectivity index (χ0n) is 10.1. The Labute approximate surface area is 102 Å². The van der Waals surface area contributed by atoms with Crippen LogP contribution in [-0.2, 0) is 16.1 Å². The molecular weight excluding hydrogens is 216 g/mol. The van der Waals surface area contributed by atoms with Crippen molar-refractivity contribution < 1.29 is 9.53 Å². The van der Waals surface area contributed by atoms with E-state index in [0.29, 0.717) is 6.42 Å². The summed E-state index contributed by atoms with van der Waals surface area (Å²) in [4.78, 5) is 11.6. The number of rotatable bonds is 6. The van der Waals surface area contributed by atoms with Crippen LogP contribution in [0.3, 0.4) is 0 Å². The maximum atomic E-state index is 11.6. The van der Waals surface area contributed by atoms with E-state index in [1.165, 1.54) is 0 Å². The van der Waals surface area contributed by atoms with E-state index < -0.39 is 12.0 Å². The summed E-state index contributed by atoms with van der Waals surface area (Å²) in [5, 5.41) is 0. The summed E-state index contributed by atoms with van der Waals surface area (Å²) in [5.74, 6) is -0.391. The van der Waals surface area contributed by atoms with Crippen molar-refractivity contribution in [3.05, 3.63) is 35.9 Å². The molecular formula is C13H20N2O2. The topological polar surface area (TPSA) is 78.3 Å². The second-order valence-electron chi connectivity index (χ2n) is 4.10. The second-order valence-corrected chi connectivity index (χ2v) is 4.10. The minimum Gasteiger partial charge on any atom is -0.460 e. The minimum atomic E-state index is -0.631. The first-order valence-corrected chi connectivity index (χ1v) is 5.85. The van der Waals surface area contributed by atoms with Crippen LogP contribution in [0.2, 0.25) is 0 Å². The fraction of sp³-hybridized carbons (Fsp3) is 0.462. The van der Waals surface area contributed by atoms with Crippen LogP contribution < -0.4 is 11.5 Å². The van der Waals surface area contributed by atoms with Gasteiger partial charge >= 0.3 is 5.97 Å². The average molecular weight is 236 g/mol. The van der Waals surface area contributed by atoms with Crippen LogP contribution in [0.15, 0.2) is 30.3 Å². The van der Waals surface area contributed by atoms with Crippen molar-refractivity contribution in [3.8, 4) is 0 Å². The second kappa shape index (κ2) is 7.04. The summed E-state index contributed by atoms with van der Waals surface area (Å²) in [6.45, 7) is 2.22. The molecule has 0 aliphatic heterocycles. The average Bonchev–Trinajstić information content (AvgIpc) is 2.36. The molecule has 0 heterocycles. The predicted molar refractivity (Wildman–Crippen MR) is 67.1 cm³/mol. The molecule has 94 valence electrons. The van der Waals surface area contributed by atoms with Gasteiger partial charge in [0.2, 0.25) is 0 Å². The number of carbonyl (C=O) groups excluding carboxylic acids is 1. The number of carbonyl (C=O) groups is 1. The molecule has 4 nitrogen and oxygen atoms in total. The monoisotopic (exact) mass is 236 g/mol. The van der Waals surface area contributed by atoms with Crippen molar-refractivity contribution in [2.75, 3.05) is 0 Å². The zero-order valence-corrected chi connectivity index (χ0v) is 10.1. The Kier molecular flexibility index (Phi) is 5.66. The first kappa shape index (κ1) is 13.7. The van der Waals surface area contributed by atoms with Crippen LogP contribution in [0.1, 0.15) is 25.3 Å². The highest BCUT2D eigenvalue weighted by atomic mass is 16.5. The van der Waals surface area contributed by atoms with E-state index in [2.05, 4.69) is 0 Å². The molecule has 0 spiro atoms. The lowest BCUT2D eigenvalue weighted by Gasteiger charge is -2.15. The molecule has 0 saturated heterocycles. The van der Waals surface area contributed by atoms with Crippen LogP contribution in [-0.4, -0.2) is 18.1 Å². The molecule has 1 aromatic rings. The zero-order chi connectivity index (χ0) is 12.7. The molecule has 4 heteroatoms. The third-order valence-electron chi connectivity index (χ3n) is 2.61. The van der Waals surface area contributed by atoms with Gasteiger partial charge in [-0.05, 0) is 18.4 Å². The lowest BCUT2D eigenvalue weighted by molar-refractivity contribution is -0.146. The fourth-order valence-corrected chi connectivity index (χ4v) is 1.42. The summed E-state index contributed by atoms with van der Waals surface area (Å²) in [6, 6.07) is 8.83. The molecule has 4 N–H and O–H groups in total. The van der Waals surface area contributed by atoms with Gasteiger partial charge in [0, 0.05) is 6.04 Å². The molecule has 0 aliphatic rings. The summed E-state index contributed by atoms with van der Waals surface area (Å²) in [5.41, 5.74) is 12.4. The van der Waals surface area contributed by atoms with Gasteiger partial charge in [0.15, 0.2) is 0 Å². The molecule has 1 aromatic carbocycles. The largest absolute Gasteiger partial charge is 0.460 e. The van der Waals surface area contributed by atoms with Crippen LogP contribution >= 0.6 is 0 Å². The van der Waals surface area contributed by atoms with Crippen molar-refractivity contribution >= 4 is 5.97 Å². The SMILES string of the molecule is CCC(N)CC(N)C(=O)OCc1ccccc1. The highest BCUT2D eigenvalue weighted by molar-refractivity contribution is 5.75. The Morgan fingerprint density at radius 1 is 1.29 bits per heavy atom. The quantitative estimate of drug-likeness (QED) is 0.727. The van der Waals surface area contributed by atoms with Crippen molar-refractivity contribution in [2.24, 2.45) is 11.5 Å². The normalized spacial score (nSPS) is 14.1. The van der Waals surface area contributed by atoms with Gasteiger partial charge in [-0.2, -0.15) is 0 Å². The number of ether oxygens (including phenoxy) is 1. The smallest absolute Gasteiger partial charge is 0.323 e. The van der Waals surface area contributed by atoms with E-state index in [4.69, 9.17) is 16.2 Å². The van der Waals surface area contributed by atoms with Gasteiger partial charge in [0.1, 0.15) is 12.6 Å². The molecule has 2 unspecified atom stereocenters. The Morgan fingerprint density at radius 3 is 2.53 bits per heavy atom. The summed E-state index contributed by atoms with van der Waals surface area (Å²) in [6.07, 6.45) is 1.27. The van der Waals surface area contributed by atoms with Crippen LogP contribution in [0.5, 0.6) is 0 Å². The van der Waals surface area contributed by atoms with E-state index in [1.54, 1.807) is 0 Å². The third kappa shape index (κ3) is 4.97. The van der Waals surface area contributed by atoms with Gasteiger partial charge in [0.25, 0.3) is 0 Å². The summed E-state index contributed by atoms with van der Waals surface area (Å²) >= 11 is 0. The van der Waals surface area contributed by atoms with Crippen molar-refractivity contribution in [3.63, 3.8) is 0 Å². The van der Waals surface area contributed by atoms with E-state index in [0.717, 1.165) is 12.0 Å². The third-order valence-corrected chi connectivity index (χ3v) is 2.61. The van der Waals surface area contributed by atoms with E-state index in [9.17, 15) is 4.79 Å². The standard InChI is InChI=1S/C13H20N2O2/c1-2-11(14)8-12(15)13(16)17-9-10-6-4-3-5-7-10/h3-7,11-12H,2,8-9,14-15H2,1H3.